The van der Waals surface area contributed by atoms with E-state index in [-0.39, 0.29) is 115 Å². The van der Waals surface area contributed by atoms with Crippen molar-refractivity contribution >= 4 is 47.6 Å². The number of fused-ring (bicyclic) bond motifs is 12. The molecule has 8 bridgehead atoms. The van der Waals surface area contributed by atoms with Crippen LogP contribution in [-0.4, -0.2) is 151 Å². The molecule has 0 aromatic heterocycles. The van der Waals surface area contributed by atoms with Gasteiger partial charge in [-0.05, 0) is 165 Å². The van der Waals surface area contributed by atoms with Crippen LogP contribution < -0.4 is 18.9 Å². The minimum atomic E-state index is -0.265. The monoisotopic (exact) mass is 1650 g/mol. The van der Waals surface area contributed by atoms with E-state index in [1.165, 1.54) is 0 Å². The van der Waals surface area contributed by atoms with Crippen molar-refractivity contribution < 1.29 is 112 Å². The summed E-state index contributed by atoms with van der Waals surface area (Å²) < 4.78 is 59.7. The Morgan fingerprint density at radius 3 is 0.632 bits per heavy atom. The van der Waals surface area contributed by atoms with Crippen molar-refractivity contribution in [2.75, 3.05) is 106 Å². The predicted octanol–water partition coefficient (Wildman–Crippen LogP) is 16.9. The predicted molar refractivity (Wildman–Crippen MR) is 452 cm³/mol. The van der Waals surface area contributed by atoms with Crippen LogP contribution in [0.1, 0.15) is 150 Å². The van der Waals surface area contributed by atoms with Gasteiger partial charge in [-0.1, -0.05) is 180 Å². The van der Waals surface area contributed by atoms with Crippen LogP contribution in [0.2, 0.25) is 0 Å². The summed E-state index contributed by atoms with van der Waals surface area (Å²) in [6, 6.07) is 45.9. The Hall–Kier alpha value is -9.01. The zero-order chi connectivity index (χ0) is 78.9. The first kappa shape index (κ1) is 95.6. The number of aliphatic imine (C=N–C) groups is 4. The number of phenols is 4. The van der Waals surface area contributed by atoms with Gasteiger partial charge < -0.3 is 78.7 Å². The van der Waals surface area contributed by atoms with Gasteiger partial charge in [0.15, 0.2) is 0 Å². The van der Waals surface area contributed by atoms with Crippen LogP contribution >= 0.6 is 0 Å². The molecule has 10 N–H and O–H groups in total. The average Bonchev–Trinajstić information content (AvgIpc) is 0.809. The van der Waals surface area contributed by atoms with Gasteiger partial charge in [0, 0.05) is 80.1 Å². The molecule has 8 aromatic carbocycles. The molecule has 1 aliphatic heterocycles. The molecule has 0 saturated heterocycles. The number of rotatable bonds is 0. The van der Waals surface area contributed by atoms with Crippen molar-refractivity contribution in [3.8, 4) is 46.0 Å². The molecule has 20 nitrogen and oxygen atoms in total. The van der Waals surface area contributed by atoms with Crippen molar-refractivity contribution in [2.45, 2.75) is 130 Å². The van der Waals surface area contributed by atoms with E-state index in [4.69, 9.17) is 67.3 Å². The van der Waals surface area contributed by atoms with Gasteiger partial charge in [0.25, 0.3) is 0 Å². The van der Waals surface area contributed by atoms with Gasteiger partial charge in [0.2, 0.25) is 0 Å². The van der Waals surface area contributed by atoms with Crippen molar-refractivity contribution in [1.29, 1.82) is 0 Å². The summed E-state index contributed by atoms with van der Waals surface area (Å²) in [5.74, 6) is 2.64. The van der Waals surface area contributed by atoms with Gasteiger partial charge in [-0.2, -0.15) is 0 Å². The molecule has 0 fully saturated rings. The zero-order valence-corrected chi connectivity index (χ0v) is 70.1. The first-order valence-corrected chi connectivity index (χ1v) is 37.9. The molecule has 22 heteroatoms. The summed E-state index contributed by atoms with van der Waals surface area (Å²) in [6.07, 6.45) is 8.05. The quantitative estimate of drug-likeness (QED) is 0.0624. The second kappa shape index (κ2) is 45.9. The summed E-state index contributed by atoms with van der Waals surface area (Å²) in [7, 11) is 0. The van der Waals surface area contributed by atoms with Gasteiger partial charge in [-0.25, -0.2) is 0 Å². The fourth-order valence-corrected chi connectivity index (χ4v) is 12.0. The van der Waals surface area contributed by atoms with Crippen LogP contribution in [0, 0.1) is 0 Å². The molecule has 0 saturated carbocycles. The van der Waals surface area contributed by atoms with Gasteiger partial charge in [0.05, 0.1) is 79.3 Å². The molecule has 620 valence electrons. The SMILES string of the molecule is C=C1Cc2cc(C(C)(C)C)cc(c2O)C=Nc2ccccc2OCCOCCOCCOCCOc2ccccc2N=Cc2cc(C(C)(C)C)cc(c2O)CC(=C)Cc2cc(C(C)(C)C)cc(c2O)C=Nc2ccccc2OCCOCCOCCOCCOc2ccccc2N=Cc2cc(C(C)(C)C)cc(c2O)C1.[Ni].[Ni].[OH3+].[OH3+]. The van der Waals surface area contributed by atoms with Crippen LogP contribution in [0.5, 0.6) is 46.0 Å². The Morgan fingerprint density at radius 2 is 0.447 bits per heavy atom. The maximum absolute atomic E-state index is 12.0. The molecule has 0 aliphatic carbocycles. The number of phenolic OH excluding ortho intramolecular Hbond substituents is 4. The van der Waals surface area contributed by atoms with Gasteiger partial charge in [-0.3, -0.25) is 20.0 Å². The number of para-hydroxylation sites is 8. The summed E-state index contributed by atoms with van der Waals surface area (Å²) in [5, 5.41) is 47.9. The Labute approximate surface area is 693 Å². The molecule has 114 heavy (non-hydrogen) atoms. The normalized spacial score (nSPS) is 15.4. The van der Waals surface area contributed by atoms with E-state index in [0.29, 0.717) is 195 Å². The zero-order valence-electron chi connectivity index (χ0n) is 68.2. The van der Waals surface area contributed by atoms with Crippen molar-refractivity contribution in [3.63, 3.8) is 0 Å². The number of ether oxygens (including phenoxy) is 10. The second-order valence-electron chi connectivity index (χ2n) is 31.5. The molecular weight excluding hydrogens is 1530 g/mol. The fourth-order valence-electron chi connectivity index (χ4n) is 12.0. The fraction of sp³-hybridized carbons (Fsp3) is 0.391. The summed E-state index contributed by atoms with van der Waals surface area (Å²) in [5.41, 5.74) is 11.9. The number of hydrogen-bond donors (Lipinski definition) is 4. The minimum absolute atomic E-state index is 0. The van der Waals surface area contributed by atoms with E-state index in [0.717, 1.165) is 33.4 Å². The maximum atomic E-state index is 12.0. The number of allylic oxidation sites excluding steroid dienone is 2. The molecule has 0 spiro atoms. The van der Waals surface area contributed by atoms with Gasteiger partial charge in [0.1, 0.15) is 95.2 Å². The number of hydrogen-bond acceptors (Lipinski definition) is 18. The molecule has 0 unspecified atom stereocenters. The number of aromatic hydroxyl groups is 4. The van der Waals surface area contributed by atoms with E-state index in [1.807, 2.05) is 146 Å². The standard InChI is InChI=1S/C92H112N4O14.2Ni.2H2O/c1-63-47-65-51-73(89(3,4)5)55-69(85(65)97)59-93-77-23-15-19-27-81(77)107-43-39-103-35-31-101-33-37-105-41-45-109-83-29-21-17-25-79(83)95-61-71-57-75(91(9,10)11)53-67(87(71)99)49-64(2)50-68-54-76(92(12,13)14)58-72(88(68)100)62-96-80-26-18-22-30-84(80)110-46-42-106-38-34-102-32-36-104-40-44-108-82-28-20-16-24-78(82)94-60-70-56-74(90(6,7)8)52-66(48-63)86(70)98;;;;/h15-30,51-62,97-100H,1-2,31-50H2,3-14H3;;;2*1H2/p+2. The maximum Gasteiger partial charge on any atom is 0.145 e. The molecule has 8 aromatic rings. The third-order valence-electron chi connectivity index (χ3n) is 18.4. The van der Waals surface area contributed by atoms with Crippen LogP contribution in [0.25, 0.3) is 0 Å². The number of nitrogens with zero attached hydrogens (tertiary/aromatic N) is 4. The third kappa shape index (κ3) is 29.4. The second-order valence-corrected chi connectivity index (χ2v) is 31.5. The van der Waals surface area contributed by atoms with E-state index >= 15 is 0 Å². The van der Waals surface area contributed by atoms with Crippen LogP contribution in [0.4, 0.5) is 22.7 Å². The van der Waals surface area contributed by atoms with E-state index in [2.05, 4.69) is 96.2 Å². The first-order valence-electron chi connectivity index (χ1n) is 37.9. The Morgan fingerprint density at radius 1 is 0.272 bits per heavy atom. The van der Waals surface area contributed by atoms with E-state index < -0.39 is 0 Å². The molecular formula is C92H118N4Ni2O16+2. The van der Waals surface area contributed by atoms with E-state index in [1.54, 1.807) is 24.9 Å². The van der Waals surface area contributed by atoms with Crippen molar-refractivity contribution in [3.05, 3.63) is 237 Å². The van der Waals surface area contributed by atoms with Crippen LogP contribution in [-0.2, 0) is 120 Å². The Kier molecular flexibility index (Phi) is 38.5. The smallest absolute Gasteiger partial charge is 0.145 e. The van der Waals surface area contributed by atoms with Crippen molar-refractivity contribution in [1.82, 2.24) is 0 Å². The molecule has 1 aliphatic rings. The molecule has 0 atom stereocenters. The minimum Gasteiger partial charge on any atom is -0.507 e. The molecule has 0 radical (unpaired) electrons. The molecule has 1 heterocycles. The van der Waals surface area contributed by atoms with Crippen LogP contribution in [0.3, 0.4) is 0 Å². The summed E-state index contributed by atoms with van der Waals surface area (Å²) >= 11 is 0. The summed E-state index contributed by atoms with van der Waals surface area (Å²) in [6.45, 7) is 39.8. The van der Waals surface area contributed by atoms with E-state index in [9.17, 15) is 20.4 Å². The largest absolute Gasteiger partial charge is 0.507 e. The third-order valence-corrected chi connectivity index (χ3v) is 18.4. The Balaban J connectivity index is 0.00000580. The molecule has 9 rings (SSSR count). The Bertz CT molecular complexity index is 3970. The summed E-state index contributed by atoms with van der Waals surface area (Å²) in [4.78, 5) is 19.4. The van der Waals surface area contributed by atoms with Gasteiger partial charge >= 0.3 is 0 Å². The molecule has 0 amide bonds. The number of benzene rings is 8. The topological polar surface area (TPSA) is 289 Å². The average molecular weight is 1650 g/mol. The van der Waals surface area contributed by atoms with Crippen LogP contribution in [0.15, 0.2) is 190 Å². The van der Waals surface area contributed by atoms with Crippen molar-refractivity contribution in [2.24, 2.45) is 20.0 Å². The van der Waals surface area contributed by atoms with Gasteiger partial charge in [-0.15, -0.1) is 0 Å². The first-order chi connectivity index (χ1) is 52.6.